The Morgan fingerprint density at radius 2 is 1.78 bits per heavy atom. The van der Waals surface area contributed by atoms with Gasteiger partial charge in [0.2, 0.25) is 5.91 Å². The van der Waals surface area contributed by atoms with Gasteiger partial charge in [0.1, 0.15) is 5.75 Å². The van der Waals surface area contributed by atoms with E-state index in [0.29, 0.717) is 30.6 Å². The molecule has 1 heterocycles. The van der Waals surface area contributed by atoms with Gasteiger partial charge in [-0.15, -0.1) is 0 Å². The number of rotatable bonds is 6. The number of amides is 2. The van der Waals surface area contributed by atoms with Crippen molar-refractivity contribution in [1.82, 2.24) is 10.2 Å². The molecule has 5 nitrogen and oxygen atoms in total. The molecule has 1 N–H and O–H groups in total. The molecule has 0 spiro atoms. The quantitative estimate of drug-likeness (QED) is 0.612. The second-order valence-electron chi connectivity index (χ2n) is 7.82. The second kappa shape index (κ2) is 9.77. The fourth-order valence-electron chi connectivity index (χ4n) is 4.15. The Hall–Kier alpha value is -3.48. The van der Waals surface area contributed by atoms with Gasteiger partial charge in [0.15, 0.2) is 0 Å². The lowest BCUT2D eigenvalue weighted by Crippen LogP contribution is -2.45. The van der Waals surface area contributed by atoms with Gasteiger partial charge in [0, 0.05) is 30.8 Å². The monoisotopic (exact) mass is 438 g/mol. The van der Waals surface area contributed by atoms with Crippen molar-refractivity contribution in [3.05, 3.63) is 77.9 Å². The fourth-order valence-corrected chi connectivity index (χ4v) is 4.15. The molecule has 0 radical (unpaired) electrons. The van der Waals surface area contributed by atoms with Crippen molar-refractivity contribution in [1.29, 1.82) is 0 Å². The summed E-state index contributed by atoms with van der Waals surface area (Å²) in [6, 6.07) is 19.7. The van der Waals surface area contributed by atoms with Crippen LogP contribution in [0.2, 0.25) is 0 Å². The topological polar surface area (TPSA) is 58.6 Å². The number of carbonyl (C=O) groups is 2. The van der Waals surface area contributed by atoms with Crippen LogP contribution in [0.3, 0.4) is 0 Å². The molecule has 166 valence electrons. The molecule has 1 fully saturated rings. The maximum Gasteiger partial charge on any atom is 0.387 e. The van der Waals surface area contributed by atoms with Crippen LogP contribution in [0.25, 0.3) is 10.8 Å². The van der Waals surface area contributed by atoms with Gasteiger partial charge in [-0.3, -0.25) is 9.59 Å². The Morgan fingerprint density at radius 3 is 2.62 bits per heavy atom. The normalized spacial score (nSPS) is 16.2. The molecule has 2 amide bonds. The Morgan fingerprint density at radius 1 is 1.03 bits per heavy atom. The van der Waals surface area contributed by atoms with Gasteiger partial charge >= 0.3 is 6.61 Å². The van der Waals surface area contributed by atoms with E-state index in [2.05, 4.69) is 10.1 Å². The molecule has 1 aliphatic rings. The second-order valence-corrected chi connectivity index (χ2v) is 7.82. The van der Waals surface area contributed by atoms with E-state index in [-0.39, 0.29) is 30.0 Å². The predicted octanol–water partition coefficient (Wildman–Crippen LogP) is 4.61. The van der Waals surface area contributed by atoms with Gasteiger partial charge in [0.05, 0.1) is 5.92 Å². The first-order valence-corrected chi connectivity index (χ1v) is 10.6. The third kappa shape index (κ3) is 4.88. The van der Waals surface area contributed by atoms with E-state index in [1.165, 1.54) is 6.07 Å². The van der Waals surface area contributed by atoms with E-state index in [4.69, 9.17) is 0 Å². The summed E-state index contributed by atoms with van der Waals surface area (Å²) in [6.07, 6.45) is 1.39. The number of alkyl halides is 2. The Balaban J connectivity index is 1.42. The van der Waals surface area contributed by atoms with Gasteiger partial charge in [-0.2, -0.15) is 8.78 Å². The Labute approximate surface area is 185 Å². The molecule has 3 aromatic rings. The van der Waals surface area contributed by atoms with Gasteiger partial charge in [-0.05, 0) is 35.7 Å². The lowest BCUT2D eigenvalue weighted by Gasteiger charge is -2.32. The van der Waals surface area contributed by atoms with Crippen molar-refractivity contribution < 1.29 is 23.1 Å². The number of nitrogens with one attached hydrogen (secondary N) is 1. The average molecular weight is 438 g/mol. The SMILES string of the molecule is O=C(NCc1ccccc1OC(F)F)[C@@H]1CCCN(C(=O)c2cccc3ccccc23)C1. The van der Waals surface area contributed by atoms with Crippen LogP contribution >= 0.6 is 0 Å². The molecule has 1 atom stereocenters. The zero-order valence-electron chi connectivity index (χ0n) is 17.5. The number of ether oxygens (including phenoxy) is 1. The number of fused-ring (bicyclic) bond motifs is 1. The molecular weight excluding hydrogens is 414 g/mol. The fraction of sp³-hybridized carbons (Fsp3) is 0.280. The van der Waals surface area contributed by atoms with Gasteiger partial charge in [-0.25, -0.2) is 0 Å². The van der Waals surface area contributed by atoms with Crippen LogP contribution in [-0.4, -0.2) is 36.4 Å². The van der Waals surface area contributed by atoms with E-state index in [9.17, 15) is 18.4 Å². The first kappa shape index (κ1) is 21.7. The number of halogens is 2. The minimum absolute atomic E-state index is 0.0409. The van der Waals surface area contributed by atoms with Gasteiger partial charge in [0.25, 0.3) is 5.91 Å². The van der Waals surface area contributed by atoms with Crippen molar-refractivity contribution in [2.24, 2.45) is 5.92 Å². The van der Waals surface area contributed by atoms with Crippen molar-refractivity contribution in [2.45, 2.75) is 26.0 Å². The number of likely N-dealkylation sites (tertiary alicyclic amines) is 1. The summed E-state index contributed by atoms with van der Waals surface area (Å²) in [6.45, 7) is -1.94. The number of hydrogen-bond acceptors (Lipinski definition) is 3. The molecule has 7 heteroatoms. The van der Waals surface area contributed by atoms with E-state index >= 15 is 0 Å². The van der Waals surface area contributed by atoms with E-state index in [0.717, 1.165) is 17.2 Å². The maximum atomic E-state index is 13.2. The molecule has 32 heavy (non-hydrogen) atoms. The zero-order chi connectivity index (χ0) is 22.5. The number of para-hydroxylation sites is 1. The minimum Gasteiger partial charge on any atom is -0.434 e. The smallest absolute Gasteiger partial charge is 0.387 e. The first-order chi connectivity index (χ1) is 15.5. The highest BCUT2D eigenvalue weighted by atomic mass is 19.3. The average Bonchev–Trinajstić information content (AvgIpc) is 2.82. The van der Waals surface area contributed by atoms with Crippen molar-refractivity contribution in [3.8, 4) is 5.75 Å². The standard InChI is InChI=1S/C25H24F2N2O3/c26-25(27)32-22-13-4-2-8-18(22)15-28-23(30)19-10-6-14-29(16-19)24(31)21-12-5-9-17-7-1-3-11-20(17)21/h1-5,7-9,11-13,19,25H,6,10,14-16H2,(H,28,30)/t19-/m1/s1. The van der Waals surface area contributed by atoms with Gasteiger partial charge in [-0.1, -0.05) is 54.6 Å². The highest BCUT2D eigenvalue weighted by Crippen LogP contribution is 2.24. The molecule has 0 aliphatic carbocycles. The predicted molar refractivity (Wildman–Crippen MR) is 117 cm³/mol. The summed E-state index contributed by atoms with van der Waals surface area (Å²) in [5, 5.41) is 4.70. The largest absolute Gasteiger partial charge is 0.434 e. The van der Waals surface area contributed by atoms with Crippen LogP contribution in [0, 0.1) is 5.92 Å². The van der Waals surface area contributed by atoms with E-state index in [1.807, 2.05) is 42.5 Å². The molecule has 1 saturated heterocycles. The highest BCUT2D eigenvalue weighted by molar-refractivity contribution is 6.07. The number of piperidine rings is 1. The molecule has 4 rings (SSSR count). The van der Waals surface area contributed by atoms with Crippen LogP contribution in [0.15, 0.2) is 66.7 Å². The number of hydrogen-bond donors (Lipinski definition) is 1. The van der Waals surface area contributed by atoms with Crippen molar-refractivity contribution in [3.63, 3.8) is 0 Å². The van der Waals surface area contributed by atoms with Crippen molar-refractivity contribution in [2.75, 3.05) is 13.1 Å². The summed E-state index contributed by atoms with van der Waals surface area (Å²) < 4.78 is 29.7. The number of carbonyl (C=O) groups excluding carboxylic acids is 2. The molecule has 0 aromatic heterocycles. The zero-order valence-corrected chi connectivity index (χ0v) is 17.5. The lowest BCUT2D eigenvalue weighted by molar-refractivity contribution is -0.126. The summed E-state index contributed by atoms with van der Waals surface area (Å²) in [5.74, 6) is -0.604. The number of nitrogens with zero attached hydrogens (tertiary/aromatic N) is 1. The van der Waals surface area contributed by atoms with Crippen LogP contribution in [0.5, 0.6) is 5.75 Å². The highest BCUT2D eigenvalue weighted by Gasteiger charge is 2.29. The van der Waals surface area contributed by atoms with Crippen LogP contribution in [-0.2, 0) is 11.3 Å². The molecule has 3 aromatic carbocycles. The summed E-state index contributed by atoms with van der Waals surface area (Å²) in [7, 11) is 0. The summed E-state index contributed by atoms with van der Waals surface area (Å²) in [4.78, 5) is 27.7. The first-order valence-electron chi connectivity index (χ1n) is 10.6. The Bertz CT molecular complexity index is 1110. The van der Waals surface area contributed by atoms with Crippen LogP contribution in [0.4, 0.5) is 8.78 Å². The van der Waals surface area contributed by atoms with Crippen molar-refractivity contribution >= 4 is 22.6 Å². The lowest BCUT2D eigenvalue weighted by atomic mass is 9.95. The summed E-state index contributed by atoms with van der Waals surface area (Å²) in [5.41, 5.74) is 1.10. The molecule has 0 bridgehead atoms. The molecule has 0 unspecified atom stereocenters. The van der Waals surface area contributed by atoms with E-state index in [1.54, 1.807) is 23.1 Å². The third-order valence-electron chi connectivity index (χ3n) is 5.74. The van der Waals surface area contributed by atoms with E-state index < -0.39 is 6.61 Å². The van der Waals surface area contributed by atoms with Gasteiger partial charge < -0.3 is 15.0 Å². The van der Waals surface area contributed by atoms with Crippen LogP contribution < -0.4 is 10.1 Å². The molecule has 0 saturated carbocycles. The third-order valence-corrected chi connectivity index (χ3v) is 5.74. The minimum atomic E-state index is -2.93. The van der Waals surface area contributed by atoms with Crippen LogP contribution in [0.1, 0.15) is 28.8 Å². The Kier molecular flexibility index (Phi) is 6.63. The number of benzene rings is 3. The molecular formula is C25H24F2N2O3. The maximum absolute atomic E-state index is 13.2. The summed E-state index contributed by atoms with van der Waals surface area (Å²) >= 11 is 0. The molecule has 1 aliphatic heterocycles.